The molecule has 1 aromatic carbocycles. The Morgan fingerprint density at radius 3 is 2.09 bits per heavy atom. The summed E-state index contributed by atoms with van der Waals surface area (Å²) in [7, 11) is 0. The van der Waals surface area contributed by atoms with Crippen LogP contribution in [0.4, 0.5) is 0 Å². The van der Waals surface area contributed by atoms with Gasteiger partial charge in [-0.15, -0.1) is 0 Å². The largest absolute Gasteiger partial charge is 0.508 e. The Hall–Kier alpha value is -3.65. The fraction of sp³-hybridized carbons (Fsp3) is 0.768. The highest BCUT2D eigenvalue weighted by molar-refractivity contribution is 5.87. The highest BCUT2D eigenvalue weighted by atomic mass is 16.8. The van der Waals surface area contributed by atoms with Crippen molar-refractivity contribution in [3.63, 3.8) is 0 Å². The van der Waals surface area contributed by atoms with E-state index in [4.69, 9.17) is 33.2 Å². The molecule has 3 saturated heterocycles. The lowest BCUT2D eigenvalue weighted by atomic mass is 9.33. The predicted molar refractivity (Wildman–Crippen MR) is 267 cm³/mol. The molecular formula is C56H80O21. The van der Waals surface area contributed by atoms with Crippen LogP contribution in [-0.4, -0.2) is 186 Å². The molecule has 0 aromatic heterocycles. The number of fused-ring (bicyclic) bond motifs is 7. The second kappa shape index (κ2) is 21.0. The molecule has 0 bridgehead atoms. The summed E-state index contributed by atoms with van der Waals surface area (Å²) in [5.41, 5.74) is -2.01. The average Bonchev–Trinajstić information content (AvgIpc) is 3.40. The van der Waals surface area contributed by atoms with E-state index in [1.54, 1.807) is 12.1 Å². The molecule has 430 valence electrons. The van der Waals surface area contributed by atoms with Crippen molar-refractivity contribution in [1.29, 1.82) is 0 Å². The number of aromatic hydroxyl groups is 1. The molecule has 11 N–H and O–H groups in total. The second-order valence-corrected chi connectivity index (χ2v) is 25.5. The van der Waals surface area contributed by atoms with E-state index in [0.29, 0.717) is 44.1 Å². The van der Waals surface area contributed by atoms with E-state index in [-0.39, 0.29) is 41.3 Å². The number of hydrogen-bond donors (Lipinski definition) is 11. The number of allylic oxidation sites excluding steroid dienone is 2. The number of aliphatic carboxylic acids is 1. The number of ether oxygens (including phenoxy) is 7. The zero-order valence-corrected chi connectivity index (χ0v) is 44.8. The molecule has 23 atom stereocenters. The number of phenolic OH excluding ortho intramolecular Hbond substituents is 1. The quantitative estimate of drug-likeness (QED) is 0.0651. The highest BCUT2D eigenvalue weighted by Crippen LogP contribution is 2.76. The van der Waals surface area contributed by atoms with Crippen molar-refractivity contribution in [1.82, 2.24) is 0 Å². The summed E-state index contributed by atoms with van der Waals surface area (Å²) < 4.78 is 41.7. The smallest absolute Gasteiger partial charge is 0.335 e. The van der Waals surface area contributed by atoms with Crippen LogP contribution in [0, 0.1) is 50.2 Å². The SMILES string of the molecule is CC1(C)CC[C@@]2(C(=O)O[C@H]3OC[C@@H](O)[C@H](O)[C@H]3OC(=O)C=Cc3ccc(O)cc3)C(C1)C1=CC[C@@H]3[C@@]4(C)CC[C@H](O[C@H]5O[C@H](C(=O)O)[C@@H](O)[C@H](O)[C@H]5O[C@H]5O[C@H](CO)[C@H](O)[C@H](O)[C@H]5O)C(C)(C)[C@@H]4CC[C@@]3(C)[C@]1(C)C[C@H]2O. The van der Waals surface area contributed by atoms with Crippen LogP contribution in [0.25, 0.3) is 6.08 Å². The van der Waals surface area contributed by atoms with E-state index in [1.807, 2.05) is 0 Å². The number of rotatable bonds is 11. The van der Waals surface area contributed by atoms with Crippen LogP contribution in [0.3, 0.4) is 0 Å². The van der Waals surface area contributed by atoms with Gasteiger partial charge in [0.15, 0.2) is 24.8 Å². The number of hydrogen-bond acceptors (Lipinski definition) is 20. The van der Waals surface area contributed by atoms with Crippen LogP contribution in [0.15, 0.2) is 42.0 Å². The fourth-order valence-electron chi connectivity index (χ4n) is 15.9. The molecule has 3 aliphatic heterocycles. The van der Waals surface area contributed by atoms with Gasteiger partial charge in [0.2, 0.25) is 6.29 Å². The van der Waals surface area contributed by atoms with Gasteiger partial charge in [0.1, 0.15) is 66.1 Å². The number of aliphatic hydroxyl groups excluding tert-OH is 9. The van der Waals surface area contributed by atoms with Crippen LogP contribution in [0.2, 0.25) is 0 Å². The molecule has 1 unspecified atom stereocenters. The van der Waals surface area contributed by atoms with E-state index in [2.05, 4.69) is 54.5 Å². The number of carbonyl (C=O) groups is 3. The summed E-state index contributed by atoms with van der Waals surface area (Å²) >= 11 is 0. The van der Waals surface area contributed by atoms with Gasteiger partial charge >= 0.3 is 17.9 Å². The summed E-state index contributed by atoms with van der Waals surface area (Å²) in [6, 6.07) is 6.05. The molecule has 8 aliphatic rings. The van der Waals surface area contributed by atoms with Crippen molar-refractivity contribution in [3.05, 3.63) is 47.6 Å². The summed E-state index contributed by atoms with van der Waals surface area (Å²) in [6.45, 7) is 14.1. The minimum absolute atomic E-state index is 0.00419. The maximum atomic E-state index is 15.2. The molecule has 0 amide bonds. The number of esters is 2. The van der Waals surface area contributed by atoms with Crippen LogP contribution >= 0.6 is 0 Å². The first kappa shape index (κ1) is 58.0. The summed E-state index contributed by atoms with van der Waals surface area (Å²) in [6.07, 6.45) is -16.3. The third-order valence-corrected chi connectivity index (χ3v) is 20.4. The Balaban J connectivity index is 0.965. The van der Waals surface area contributed by atoms with E-state index >= 15 is 4.79 Å². The van der Waals surface area contributed by atoms with E-state index < -0.39 is 157 Å². The molecule has 3 heterocycles. The molecule has 0 radical (unpaired) electrons. The lowest BCUT2D eigenvalue weighted by molar-refractivity contribution is -0.374. The fourth-order valence-corrected chi connectivity index (χ4v) is 15.9. The van der Waals surface area contributed by atoms with E-state index in [0.717, 1.165) is 18.1 Å². The van der Waals surface area contributed by atoms with Gasteiger partial charge < -0.3 is 89.3 Å². The maximum Gasteiger partial charge on any atom is 0.335 e. The average molecular weight is 1090 g/mol. The second-order valence-electron chi connectivity index (χ2n) is 25.5. The van der Waals surface area contributed by atoms with Crippen molar-refractivity contribution < 1.29 is 104 Å². The number of carboxylic acid groups (broad SMARTS) is 1. The summed E-state index contributed by atoms with van der Waals surface area (Å²) in [4.78, 5) is 40.7. The van der Waals surface area contributed by atoms with Crippen molar-refractivity contribution in [2.75, 3.05) is 13.2 Å². The predicted octanol–water partition coefficient (Wildman–Crippen LogP) is 1.81. The van der Waals surface area contributed by atoms with Gasteiger partial charge in [0.05, 0.1) is 25.4 Å². The number of aliphatic hydroxyl groups is 9. The van der Waals surface area contributed by atoms with Gasteiger partial charge in [0, 0.05) is 6.08 Å². The molecule has 21 heteroatoms. The Morgan fingerprint density at radius 2 is 1.42 bits per heavy atom. The van der Waals surface area contributed by atoms with Gasteiger partial charge in [-0.1, -0.05) is 72.2 Å². The van der Waals surface area contributed by atoms with E-state index in [1.165, 1.54) is 18.2 Å². The monoisotopic (exact) mass is 1090 g/mol. The lowest BCUT2D eigenvalue weighted by Crippen LogP contribution is -2.68. The molecule has 21 nitrogen and oxygen atoms in total. The maximum absolute atomic E-state index is 15.2. The number of carboxylic acids is 1. The first-order chi connectivity index (χ1) is 36.0. The normalized spacial score (nSPS) is 47.3. The first-order valence-corrected chi connectivity index (χ1v) is 27.2. The van der Waals surface area contributed by atoms with Gasteiger partial charge in [-0.2, -0.15) is 0 Å². The molecule has 0 spiro atoms. The topological polar surface area (TPSA) is 338 Å². The Labute approximate surface area is 447 Å². The van der Waals surface area contributed by atoms with E-state index in [9.17, 15) is 65.8 Å². The Kier molecular flexibility index (Phi) is 15.8. The standard InChI is InChI=1S/C56H80O21/c1-51(2)20-21-56(50(70)77-48-44(37(62)30(59)25-71-48)74-36(61)15-10-26-8-11-27(58)12-9-26)29(22-51)28-13-14-33-53(5)18-17-35(52(3,4)32(53)16-19-54(33,6)55(28,7)23-34(56)60)73-49-45(41(66)40(65)43(75-49)46(68)69)76-47-42(67)39(64)38(63)31(24-57)72-47/h8-13,15,29-35,37-45,47-49,57-60,62-67H,14,16-25H2,1-7H3,(H,68,69)/t29?,30-,31-,32+,33-,34-,35+,37+,38+,39+,40+,41+,42-,43+,44-,45-,47-,48-,49+,53+,54-,55-,56-/m1/s1. The first-order valence-electron chi connectivity index (χ1n) is 27.2. The number of phenols is 1. The van der Waals surface area contributed by atoms with Crippen LogP contribution in [-0.2, 0) is 47.5 Å². The highest BCUT2D eigenvalue weighted by Gasteiger charge is 2.72. The molecule has 1 aromatic rings. The van der Waals surface area contributed by atoms with Crippen molar-refractivity contribution in [2.45, 2.75) is 204 Å². The zero-order chi connectivity index (χ0) is 56.1. The van der Waals surface area contributed by atoms with Crippen LogP contribution < -0.4 is 0 Å². The van der Waals surface area contributed by atoms with Crippen LogP contribution in [0.5, 0.6) is 5.75 Å². The molecule has 5 aliphatic carbocycles. The third kappa shape index (κ3) is 9.78. The molecule has 7 fully saturated rings. The minimum atomic E-state index is -2.01. The minimum Gasteiger partial charge on any atom is -0.508 e. The van der Waals surface area contributed by atoms with Gasteiger partial charge in [0.25, 0.3) is 0 Å². The van der Waals surface area contributed by atoms with Gasteiger partial charge in [-0.3, -0.25) is 4.79 Å². The van der Waals surface area contributed by atoms with Crippen molar-refractivity contribution in [3.8, 4) is 5.75 Å². The molecule has 4 saturated carbocycles. The zero-order valence-electron chi connectivity index (χ0n) is 44.8. The van der Waals surface area contributed by atoms with Gasteiger partial charge in [-0.05, 0) is 126 Å². The number of carbonyl (C=O) groups excluding carboxylic acids is 2. The molecule has 77 heavy (non-hydrogen) atoms. The van der Waals surface area contributed by atoms with Crippen molar-refractivity contribution in [2.24, 2.45) is 50.2 Å². The van der Waals surface area contributed by atoms with Crippen molar-refractivity contribution >= 4 is 24.0 Å². The number of benzene rings is 1. The Bertz CT molecular complexity index is 2410. The van der Waals surface area contributed by atoms with Gasteiger partial charge in [-0.25, -0.2) is 9.59 Å². The lowest BCUT2D eigenvalue weighted by Gasteiger charge is -2.71. The van der Waals surface area contributed by atoms with Crippen LogP contribution in [0.1, 0.15) is 112 Å². The summed E-state index contributed by atoms with van der Waals surface area (Å²) in [5, 5.41) is 118. The molecule has 9 rings (SSSR count). The third-order valence-electron chi connectivity index (χ3n) is 20.4. The summed E-state index contributed by atoms with van der Waals surface area (Å²) in [5.74, 6) is -3.60. The molecular weight excluding hydrogens is 1010 g/mol. The Morgan fingerprint density at radius 1 is 0.714 bits per heavy atom.